The lowest BCUT2D eigenvalue weighted by atomic mass is 9.78. The van der Waals surface area contributed by atoms with Crippen molar-refractivity contribution >= 4 is 53.7 Å². The quantitative estimate of drug-likeness (QED) is 0.0279. The van der Waals surface area contributed by atoms with Gasteiger partial charge in [0.15, 0.2) is 17.8 Å². The molecule has 0 unspecified atom stereocenters. The van der Waals surface area contributed by atoms with Gasteiger partial charge in [-0.1, -0.05) is 87.5 Å². The van der Waals surface area contributed by atoms with E-state index in [0.717, 1.165) is 10.4 Å². The van der Waals surface area contributed by atoms with E-state index in [9.17, 15) is 14.4 Å². The zero-order valence-corrected chi connectivity index (χ0v) is 39.0. The van der Waals surface area contributed by atoms with Gasteiger partial charge in [0.05, 0.1) is 45.0 Å². The van der Waals surface area contributed by atoms with E-state index in [-0.39, 0.29) is 31.1 Å². The highest BCUT2D eigenvalue weighted by Crippen LogP contribution is 2.43. The second kappa shape index (κ2) is 21.2. The van der Waals surface area contributed by atoms with Crippen molar-refractivity contribution in [1.29, 1.82) is 0 Å². The molecule has 0 radical (unpaired) electrons. The monoisotopic (exact) mass is 859 g/mol. The molecule has 4 rings (SSSR count). The number of carbonyl (C=O) groups is 3. The molecule has 4 aromatic rings. The van der Waals surface area contributed by atoms with Crippen molar-refractivity contribution in [3.05, 3.63) is 90.1 Å². The second-order valence-corrected chi connectivity index (χ2v) is 21.2. The molecule has 1 atom stereocenters. The van der Waals surface area contributed by atoms with Crippen LogP contribution < -0.4 is 19.8 Å². The van der Waals surface area contributed by atoms with Crippen LogP contribution in [-0.2, 0) is 44.1 Å². The number of benzene rings is 3. The van der Waals surface area contributed by atoms with Gasteiger partial charge in [-0.3, -0.25) is 9.59 Å². The lowest BCUT2D eigenvalue weighted by Gasteiger charge is -2.43. The Morgan fingerprint density at radius 2 is 1.39 bits per heavy atom. The summed E-state index contributed by atoms with van der Waals surface area (Å²) < 4.78 is 49.3. The third-order valence-electron chi connectivity index (χ3n) is 10.6. The molecular formula is C48H65NO11Si. The number of hydrogen-bond acceptors (Lipinski definition) is 11. The van der Waals surface area contributed by atoms with Crippen molar-refractivity contribution in [2.45, 2.75) is 98.0 Å². The third-order valence-corrected chi connectivity index (χ3v) is 15.7. The Balaban J connectivity index is 1.95. The van der Waals surface area contributed by atoms with Gasteiger partial charge in [-0.25, -0.2) is 9.36 Å². The maximum atomic E-state index is 14.4. The molecule has 332 valence electrons. The third kappa shape index (κ3) is 11.3. The maximum Gasteiger partial charge on any atom is 0.419 e. The van der Waals surface area contributed by atoms with Crippen LogP contribution in [0.25, 0.3) is 17.0 Å². The number of carbonyl (C=O) groups excluding carboxylic acids is 3. The first kappa shape index (κ1) is 48.7. The van der Waals surface area contributed by atoms with Crippen molar-refractivity contribution in [1.82, 2.24) is 4.57 Å². The summed E-state index contributed by atoms with van der Waals surface area (Å²) >= 11 is 0. The number of ether oxygens (including phenoxy) is 7. The molecule has 0 aliphatic rings. The molecule has 13 heteroatoms. The zero-order chi connectivity index (χ0) is 45.0. The average Bonchev–Trinajstić information content (AvgIpc) is 3.52. The van der Waals surface area contributed by atoms with Crippen LogP contribution in [0, 0.1) is 5.41 Å². The lowest BCUT2D eigenvalue weighted by Crippen LogP contribution is -2.66. The normalized spacial score (nSPS) is 13.3. The van der Waals surface area contributed by atoms with Gasteiger partial charge in [0.2, 0.25) is 0 Å². The van der Waals surface area contributed by atoms with E-state index in [1.165, 1.54) is 39.9 Å². The highest BCUT2D eigenvalue weighted by molar-refractivity contribution is 6.99. The fourth-order valence-electron chi connectivity index (χ4n) is 8.19. The molecule has 61 heavy (non-hydrogen) atoms. The predicted molar refractivity (Wildman–Crippen MR) is 240 cm³/mol. The predicted octanol–water partition coefficient (Wildman–Crippen LogP) is 8.48. The molecule has 0 spiro atoms. The van der Waals surface area contributed by atoms with E-state index in [4.69, 9.17) is 37.6 Å². The zero-order valence-electron chi connectivity index (χ0n) is 38.0. The number of hydrogen-bond donors (Lipinski definition) is 0. The van der Waals surface area contributed by atoms with E-state index in [1.807, 2.05) is 24.3 Å². The highest BCUT2D eigenvalue weighted by Gasteiger charge is 2.50. The van der Waals surface area contributed by atoms with Crippen molar-refractivity contribution in [3.63, 3.8) is 0 Å². The average molecular weight is 860 g/mol. The number of rotatable bonds is 20. The Morgan fingerprint density at radius 1 is 0.787 bits per heavy atom. The summed E-state index contributed by atoms with van der Waals surface area (Å²) in [6, 6.07) is 24.4. The first-order chi connectivity index (χ1) is 28.9. The van der Waals surface area contributed by atoms with Crippen LogP contribution in [0.5, 0.6) is 11.5 Å². The molecule has 0 N–H and O–H groups in total. The minimum atomic E-state index is -2.89. The largest absolute Gasteiger partial charge is 0.493 e. The smallest absolute Gasteiger partial charge is 0.419 e. The summed E-state index contributed by atoms with van der Waals surface area (Å²) in [5.41, 5.74) is -0.515. The van der Waals surface area contributed by atoms with Gasteiger partial charge < -0.3 is 37.6 Å². The summed E-state index contributed by atoms with van der Waals surface area (Å²) in [4.78, 5) is 40.0. The fourth-order valence-corrected chi connectivity index (χ4v) is 12.8. The van der Waals surface area contributed by atoms with Crippen molar-refractivity contribution in [2.75, 3.05) is 48.3 Å². The van der Waals surface area contributed by atoms with Crippen LogP contribution in [-0.4, -0.2) is 91.1 Å². The summed E-state index contributed by atoms with van der Waals surface area (Å²) in [7, 11) is 3.18. The van der Waals surface area contributed by atoms with Gasteiger partial charge in [-0.15, -0.1) is 0 Å². The second-order valence-electron chi connectivity index (χ2n) is 16.9. The van der Waals surface area contributed by atoms with E-state index in [0.29, 0.717) is 53.1 Å². The van der Waals surface area contributed by atoms with Gasteiger partial charge in [0.25, 0.3) is 8.32 Å². The van der Waals surface area contributed by atoms with Crippen LogP contribution >= 0.6 is 0 Å². The summed E-state index contributed by atoms with van der Waals surface area (Å²) in [6.45, 7) is 15.7. The SMILES string of the molecule is CCOC(=O)C[C@](/C=C\c1c(CCOC(C)=O)c2ccc(OC)c(OC)c2n1C(=O)OC(C)(C)C)(CCCO[Si](c1ccccc1)(c1ccccc1)C(C)(C)C)C(OC)OC. The van der Waals surface area contributed by atoms with E-state index in [1.54, 1.807) is 39.8 Å². The molecular weight excluding hydrogens is 795 g/mol. The van der Waals surface area contributed by atoms with Crippen LogP contribution in [0.2, 0.25) is 5.04 Å². The summed E-state index contributed by atoms with van der Waals surface area (Å²) in [5.74, 6) is -0.183. The number of nitrogens with zero attached hydrogens (tertiary/aromatic N) is 1. The van der Waals surface area contributed by atoms with E-state index in [2.05, 4.69) is 69.3 Å². The molecule has 0 saturated heterocycles. The van der Waals surface area contributed by atoms with Crippen molar-refractivity contribution in [2.24, 2.45) is 5.41 Å². The van der Waals surface area contributed by atoms with Crippen molar-refractivity contribution in [3.8, 4) is 11.5 Å². The molecule has 1 aromatic heterocycles. The highest BCUT2D eigenvalue weighted by atomic mass is 28.4. The number of fused-ring (bicyclic) bond motifs is 1. The van der Waals surface area contributed by atoms with Crippen LogP contribution in [0.3, 0.4) is 0 Å². The van der Waals surface area contributed by atoms with Gasteiger partial charge in [-0.05, 0) is 79.7 Å². The Hall–Kier alpha value is -4.95. The Morgan fingerprint density at radius 3 is 1.89 bits per heavy atom. The van der Waals surface area contributed by atoms with Gasteiger partial charge in [-0.2, -0.15) is 0 Å². The molecule has 12 nitrogen and oxygen atoms in total. The molecule has 0 aliphatic heterocycles. The van der Waals surface area contributed by atoms with Gasteiger partial charge >= 0.3 is 18.0 Å². The minimum Gasteiger partial charge on any atom is -0.493 e. The Bertz CT molecular complexity index is 2060. The molecule has 0 bridgehead atoms. The fraction of sp³-hybridized carbons (Fsp3) is 0.479. The standard InChI is InChI=1S/C48H65NO11Si/c1-13-57-41(51)33-48(44(55-11)56-12,29-20-31-59-61(47(6,7)8,35-21-16-14-17-22-35)36-23-18-15-19-24-36)30-27-39-37(28-32-58-34(2)50)38-25-26-40(53-9)43(54-10)42(38)49(39)45(52)60-46(3,4)5/h14-19,21-27,30,44H,13,20,28-29,31-33H2,1-12H3/b30-27-/t48-/m1/s1. The molecule has 0 amide bonds. The number of aromatic nitrogens is 1. The van der Waals surface area contributed by atoms with E-state index < -0.39 is 43.7 Å². The van der Waals surface area contributed by atoms with Crippen LogP contribution in [0.4, 0.5) is 4.79 Å². The molecule has 0 saturated carbocycles. The maximum absolute atomic E-state index is 14.4. The summed E-state index contributed by atoms with van der Waals surface area (Å²) in [6.07, 6.45) is 3.01. The Labute approximate surface area is 362 Å². The lowest BCUT2D eigenvalue weighted by molar-refractivity contribution is -0.178. The Kier molecular flexibility index (Phi) is 16.9. The molecule has 1 heterocycles. The molecule has 0 fully saturated rings. The number of methoxy groups -OCH3 is 4. The summed E-state index contributed by atoms with van der Waals surface area (Å²) in [5, 5.41) is 2.71. The first-order valence-electron chi connectivity index (χ1n) is 20.7. The van der Waals surface area contributed by atoms with Crippen LogP contribution in [0.15, 0.2) is 78.9 Å². The minimum absolute atomic E-state index is 0.0320. The number of esters is 2. The topological polar surface area (TPSA) is 130 Å². The van der Waals surface area contributed by atoms with Gasteiger partial charge in [0.1, 0.15) is 11.1 Å². The first-order valence-corrected chi connectivity index (χ1v) is 22.6. The molecule has 0 aliphatic carbocycles. The van der Waals surface area contributed by atoms with Crippen molar-refractivity contribution < 1.29 is 52.0 Å². The van der Waals surface area contributed by atoms with Crippen LogP contribution in [0.1, 0.15) is 85.9 Å². The van der Waals surface area contributed by atoms with E-state index >= 15 is 0 Å². The van der Waals surface area contributed by atoms with Gasteiger partial charge in [0, 0.05) is 39.6 Å². The molecule has 3 aromatic carbocycles.